The molecule has 1 aromatic carbocycles. The van der Waals surface area contributed by atoms with Crippen LogP contribution in [0.25, 0.3) is 11.0 Å². The molecule has 1 N–H and O–H groups in total. The molecule has 0 radical (unpaired) electrons. The first kappa shape index (κ1) is 15.3. The number of rotatable bonds is 4. The second-order valence-corrected chi connectivity index (χ2v) is 6.17. The largest absolute Gasteiger partial charge is 0.486 e. The van der Waals surface area contributed by atoms with E-state index in [0.717, 1.165) is 36.3 Å². The van der Waals surface area contributed by atoms with E-state index in [-0.39, 0.29) is 18.6 Å². The van der Waals surface area contributed by atoms with E-state index in [0.29, 0.717) is 31.3 Å². The summed E-state index contributed by atoms with van der Waals surface area (Å²) in [6.07, 6.45) is 2.22. The number of amides is 1. The summed E-state index contributed by atoms with van der Waals surface area (Å²) in [6, 6.07) is 3.77. The van der Waals surface area contributed by atoms with Crippen LogP contribution in [0.4, 0.5) is 0 Å². The van der Waals surface area contributed by atoms with E-state index >= 15 is 0 Å². The minimum atomic E-state index is -0.0391. The lowest BCUT2D eigenvalue weighted by atomic mass is 10.2. The number of aromatic nitrogens is 2. The van der Waals surface area contributed by atoms with Crippen LogP contribution in [0.1, 0.15) is 18.7 Å². The monoisotopic (exact) mass is 331 g/mol. The van der Waals surface area contributed by atoms with Crippen LogP contribution in [0.15, 0.2) is 12.1 Å². The maximum Gasteiger partial charge on any atom is 0.240 e. The summed E-state index contributed by atoms with van der Waals surface area (Å²) in [5, 5.41) is 2.95. The Hall–Kier alpha value is -2.28. The van der Waals surface area contributed by atoms with Gasteiger partial charge in [0.05, 0.1) is 17.1 Å². The number of hydrogen-bond donors (Lipinski definition) is 1. The predicted molar refractivity (Wildman–Crippen MR) is 87.4 cm³/mol. The van der Waals surface area contributed by atoms with E-state index in [2.05, 4.69) is 10.3 Å². The van der Waals surface area contributed by atoms with Gasteiger partial charge in [0.2, 0.25) is 5.91 Å². The highest BCUT2D eigenvalue weighted by Gasteiger charge is 2.19. The van der Waals surface area contributed by atoms with Gasteiger partial charge >= 0.3 is 0 Å². The molecule has 24 heavy (non-hydrogen) atoms. The van der Waals surface area contributed by atoms with E-state index in [1.54, 1.807) is 0 Å². The average Bonchev–Trinajstić information content (AvgIpc) is 3.20. The summed E-state index contributed by atoms with van der Waals surface area (Å²) >= 11 is 0. The standard InChI is InChI=1S/C17H21N3O4/c1-11-19-13-7-15-16(24-6-5-23-15)8-14(13)20(11)10-17(21)18-9-12-3-2-4-22-12/h7-8,12H,2-6,9-10H2,1H3,(H,18,21)/t12-/m0/s1. The molecule has 2 aliphatic rings. The number of fused-ring (bicyclic) bond motifs is 2. The Morgan fingerprint density at radius 3 is 2.83 bits per heavy atom. The van der Waals surface area contributed by atoms with E-state index < -0.39 is 0 Å². The summed E-state index contributed by atoms with van der Waals surface area (Å²) < 4.78 is 18.7. The third-order valence-electron chi connectivity index (χ3n) is 4.46. The van der Waals surface area contributed by atoms with E-state index in [1.807, 2.05) is 23.6 Å². The zero-order valence-electron chi connectivity index (χ0n) is 13.7. The van der Waals surface area contributed by atoms with Crippen molar-refractivity contribution in [2.75, 3.05) is 26.4 Å². The molecule has 2 aromatic rings. The second-order valence-electron chi connectivity index (χ2n) is 6.17. The average molecular weight is 331 g/mol. The van der Waals surface area contributed by atoms with E-state index in [9.17, 15) is 4.79 Å². The molecule has 0 aliphatic carbocycles. The van der Waals surface area contributed by atoms with Gasteiger partial charge in [-0.25, -0.2) is 4.98 Å². The molecule has 1 atom stereocenters. The molecule has 1 amide bonds. The molecule has 7 heteroatoms. The van der Waals surface area contributed by atoms with Crippen LogP contribution < -0.4 is 14.8 Å². The molecule has 128 valence electrons. The lowest BCUT2D eigenvalue weighted by Gasteiger charge is -2.18. The van der Waals surface area contributed by atoms with Crippen molar-refractivity contribution >= 4 is 16.9 Å². The van der Waals surface area contributed by atoms with E-state index in [4.69, 9.17) is 14.2 Å². The van der Waals surface area contributed by atoms with Crippen molar-refractivity contribution in [1.82, 2.24) is 14.9 Å². The molecule has 1 aromatic heterocycles. The van der Waals surface area contributed by atoms with Crippen LogP contribution in [-0.4, -0.2) is 47.9 Å². The fourth-order valence-corrected chi connectivity index (χ4v) is 3.21. The van der Waals surface area contributed by atoms with Crippen molar-refractivity contribution in [1.29, 1.82) is 0 Å². The number of hydrogen-bond acceptors (Lipinski definition) is 5. The quantitative estimate of drug-likeness (QED) is 0.917. The molecular formula is C17H21N3O4. The summed E-state index contributed by atoms with van der Waals surface area (Å²) in [7, 11) is 0. The summed E-state index contributed by atoms with van der Waals surface area (Å²) in [5.74, 6) is 2.17. The Morgan fingerprint density at radius 2 is 2.08 bits per heavy atom. The molecule has 0 bridgehead atoms. The third kappa shape index (κ3) is 2.91. The molecule has 0 saturated carbocycles. The number of ether oxygens (including phenoxy) is 3. The Balaban J connectivity index is 1.52. The van der Waals surface area contributed by atoms with Crippen molar-refractivity contribution in [3.63, 3.8) is 0 Å². The number of benzene rings is 1. The SMILES string of the molecule is Cc1nc2cc3c(cc2n1CC(=O)NC[C@@H]1CCCO1)OCCO3. The van der Waals surface area contributed by atoms with Gasteiger partial charge in [-0.05, 0) is 19.8 Å². The lowest BCUT2D eigenvalue weighted by molar-refractivity contribution is -0.122. The number of carbonyl (C=O) groups is 1. The molecule has 2 aliphatic heterocycles. The summed E-state index contributed by atoms with van der Waals surface area (Å²) in [5.41, 5.74) is 1.69. The Kier molecular flexibility index (Phi) is 4.02. The molecule has 0 unspecified atom stereocenters. The van der Waals surface area contributed by atoms with Crippen molar-refractivity contribution in [3.05, 3.63) is 18.0 Å². The highest BCUT2D eigenvalue weighted by atomic mass is 16.6. The van der Waals surface area contributed by atoms with Crippen LogP contribution in [0.2, 0.25) is 0 Å². The molecule has 4 rings (SSSR count). The van der Waals surface area contributed by atoms with Gasteiger partial charge in [0.1, 0.15) is 25.6 Å². The van der Waals surface area contributed by atoms with Crippen molar-refractivity contribution in [2.45, 2.75) is 32.4 Å². The molecule has 3 heterocycles. The Bertz CT molecular complexity index is 765. The molecule has 1 saturated heterocycles. The number of nitrogens with one attached hydrogen (secondary N) is 1. The highest BCUT2D eigenvalue weighted by Crippen LogP contribution is 2.34. The second kappa shape index (κ2) is 6.32. The number of carbonyl (C=O) groups excluding carboxylic acids is 1. The van der Waals surface area contributed by atoms with Gasteiger partial charge in [-0.15, -0.1) is 0 Å². The zero-order valence-corrected chi connectivity index (χ0v) is 13.7. The minimum absolute atomic E-state index is 0.0391. The predicted octanol–water partition coefficient (Wildman–Crippen LogP) is 1.41. The van der Waals surface area contributed by atoms with Gasteiger partial charge in [-0.1, -0.05) is 0 Å². The van der Waals surface area contributed by atoms with Gasteiger partial charge < -0.3 is 24.1 Å². The molecule has 1 fully saturated rings. The lowest BCUT2D eigenvalue weighted by Crippen LogP contribution is -2.34. The first-order valence-electron chi connectivity index (χ1n) is 8.35. The normalized spacial score (nSPS) is 19.6. The topological polar surface area (TPSA) is 74.6 Å². The number of imidazole rings is 1. The van der Waals surface area contributed by atoms with Crippen molar-refractivity contribution in [2.24, 2.45) is 0 Å². The van der Waals surface area contributed by atoms with Gasteiger partial charge in [-0.2, -0.15) is 0 Å². The number of nitrogens with zero attached hydrogens (tertiary/aromatic N) is 2. The smallest absolute Gasteiger partial charge is 0.240 e. The number of aryl methyl sites for hydroxylation is 1. The van der Waals surface area contributed by atoms with Gasteiger partial charge in [0.15, 0.2) is 11.5 Å². The van der Waals surface area contributed by atoms with E-state index in [1.165, 1.54) is 0 Å². The fourth-order valence-electron chi connectivity index (χ4n) is 3.21. The maximum atomic E-state index is 12.3. The van der Waals surface area contributed by atoms with Crippen LogP contribution >= 0.6 is 0 Å². The van der Waals surface area contributed by atoms with Gasteiger partial charge in [0, 0.05) is 25.3 Å². The van der Waals surface area contributed by atoms with Crippen LogP contribution in [0.5, 0.6) is 11.5 Å². The Morgan fingerprint density at radius 1 is 1.29 bits per heavy atom. The maximum absolute atomic E-state index is 12.3. The molecule has 0 spiro atoms. The first-order chi connectivity index (χ1) is 11.7. The summed E-state index contributed by atoms with van der Waals surface area (Å²) in [4.78, 5) is 16.8. The highest BCUT2D eigenvalue weighted by molar-refractivity contribution is 5.83. The van der Waals surface area contributed by atoms with Gasteiger partial charge in [0.25, 0.3) is 0 Å². The fraction of sp³-hybridized carbons (Fsp3) is 0.529. The summed E-state index contributed by atoms with van der Waals surface area (Å²) in [6.45, 7) is 4.57. The van der Waals surface area contributed by atoms with Crippen LogP contribution in [-0.2, 0) is 16.1 Å². The van der Waals surface area contributed by atoms with Crippen molar-refractivity contribution < 1.29 is 19.0 Å². The van der Waals surface area contributed by atoms with Crippen molar-refractivity contribution in [3.8, 4) is 11.5 Å². The first-order valence-corrected chi connectivity index (χ1v) is 8.35. The minimum Gasteiger partial charge on any atom is -0.486 e. The van der Waals surface area contributed by atoms with Crippen LogP contribution in [0, 0.1) is 6.92 Å². The van der Waals surface area contributed by atoms with Crippen LogP contribution in [0.3, 0.4) is 0 Å². The third-order valence-corrected chi connectivity index (χ3v) is 4.46. The Labute approximate surface area is 139 Å². The molecule has 7 nitrogen and oxygen atoms in total. The zero-order chi connectivity index (χ0) is 16.5. The molecular weight excluding hydrogens is 310 g/mol. The van der Waals surface area contributed by atoms with Gasteiger partial charge in [-0.3, -0.25) is 4.79 Å².